The van der Waals surface area contributed by atoms with Gasteiger partial charge in [0.15, 0.2) is 0 Å². The van der Waals surface area contributed by atoms with E-state index < -0.39 is 6.04 Å². The van der Waals surface area contributed by atoms with Crippen molar-refractivity contribution in [2.24, 2.45) is 0 Å². The van der Waals surface area contributed by atoms with Crippen LogP contribution in [0.3, 0.4) is 0 Å². The Morgan fingerprint density at radius 1 is 1.52 bits per heavy atom. The average molecular weight is 331 g/mol. The van der Waals surface area contributed by atoms with E-state index in [2.05, 4.69) is 5.32 Å². The van der Waals surface area contributed by atoms with Crippen molar-refractivity contribution in [3.05, 3.63) is 21.3 Å². The first-order valence-electron chi connectivity index (χ1n) is 6.78. The summed E-state index contributed by atoms with van der Waals surface area (Å²) in [5, 5.41) is 2.94. The lowest BCUT2D eigenvalue weighted by molar-refractivity contribution is -0.137. The van der Waals surface area contributed by atoms with Crippen molar-refractivity contribution in [2.75, 3.05) is 13.7 Å². The number of hydrogen-bond acceptors (Lipinski definition) is 4. The Balaban J connectivity index is 2.03. The van der Waals surface area contributed by atoms with Crippen molar-refractivity contribution in [3.63, 3.8) is 0 Å². The molecule has 1 saturated heterocycles. The molecule has 2 amide bonds. The molecule has 2 heterocycles. The Hall–Kier alpha value is -1.11. The van der Waals surface area contributed by atoms with E-state index in [1.165, 1.54) is 18.3 Å². The Morgan fingerprint density at radius 3 is 2.76 bits per heavy atom. The molecule has 1 aliphatic rings. The number of methoxy groups -OCH3 is 1. The fraction of sp³-hybridized carbons (Fsp3) is 0.571. The second kappa shape index (κ2) is 6.77. The number of halogens is 1. The van der Waals surface area contributed by atoms with Crippen LogP contribution in [0.15, 0.2) is 12.1 Å². The molecule has 1 aliphatic heterocycles. The summed E-state index contributed by atoms with van der Waals surface area (Å²) in [4.78, 5) is 26.6. The van der Waals surface area contributed by atoms with Gasteiger partial charge in [-0.1, -0.05) is 11.6 Å². The van der Waals surface area contributed by atoms with Crippen molar-refractivity contribution in [1.82, 2.24) is 10.2 Å². The van der Waals surface area contributed by atoms with Crippen LogP contribution < -0.4 is 5.32 Å². The summed E-state index contributed by atoms with van der Waals surface area (Å²) in [5.41, 5.74) is 0. The van der Waals surface area contributed by atoms with Crippen LogP contribution in [0.5, 0.6) is 0 Å². The molecule has 116 valence electrons. The number of carbonyl (C=O) groups excluding carboxylic acids is 2. The molecule has 7 heteroatoms. The predicted molar refractivity (Wildman–Crippen MR) is 82.5 cm³/mol. The van der Waals surface area contributed by atoms with Gasteiger partial charge in [-0.2, -0.15) is 0 Å². The fourth-order valence-electron chi connectivity index (χ4n) is 2.51. The summed E-state index contributed by atoms with van der Waals surface area (Å²) in [6.07, 6.45) is 0.441. The molecule has 0 aliphatic carbocycles. The van der Waals surface area contributed by atoms with Crippen LogP contribution in [0, 0.1) is 0 Å². The Kier molecular flexibility index (Phi) is 5.24. The minimum Gasteiger partial charge on any atom is -0.380 e. The molecular weight excluding hydrogens is 312 g/mol. The molecule has 0 spiro atoms. The molecule has 0 aromatic carbocycles. The predicted octanol–water partition coefficient (Wildman–Crippen LogP) is 2.21. The zero-order valence-corrected chi connectivity index (χ0v) is 13.8. The van der Waals surface area contributed by atoms with E-state index in [-0.39, 0.29) is 24.0 Å². The van der Waals surface area contributed by atoms with Crippen molar-refractivity contribution in [1.29, 1.82) is 0 Å². The summed E-state index contributed by atoms with van der Waals surface area (Å²) >= 11 is 7.35. The maximum atomic E-state index is 12.4. The fourth-order valence-corrected chi connectivity index (χ4v) is 3.57. The number of nitrogens with one attached hydrogen (secondary N) is 1. The Morgan fingerprint density at radius 2 is 2.24 bits per heavy atom. The van der Waals surface area contributed by atoms with E-state index in [4.69, 9.17) is 16.3 Å². The second-order valence-corrected chi connectivity index (χ2v) is 6.90. The van der Waals surface area contributed by atoms with Gasteiger partial charge in [0.1, 0.15) is 6.04 Å². The van der Waals surface area contributed by atoms with E-state index in [9.17, 15) is 9.59 Å². The standard InChI is InChI=1S/C14H19ClN2O3S/c1-8(12-4-5-13(15)21-12)16-14(19)11-6-10(20-3)7-17(11)9(2)18/h4-5,8,10-11H,6-7H2,1-3H3,(H,16,19)/t8-,10-,11+/m0/s1. The van der Waals surface area contributed by atoms with E-state index in [1.54, 1.807) is 12.0 Å². The topological polar surface area (TPSA) is 58.6 Å². The van der Waals surface area contributed by atoms with Crippen LogP contribution in [-0.4, -0.2) is 42.5 Å². The highest BCUT2D eigenvalue weighted by Crippen LogP contribution is 2.27. The maximum absolute atomic E-state index is 12.4. The highest BCUT2D eigenvalue weighted by molar-refractivity contribution is 7.16. The second-order valence-electron chi connectivity index (χ2n) is 5.15. The molecule has 0 bridgehead atoms. The van der Waals surface area contributed by atoms with Gasteiger partial charge >= 0.3 is 0 Å². The van der Waals surface area contributed by atoms with Crippen LogP contribution >= 0.6 is 22.9 Å². The molecule has 1 fully saturated rings. The zero-order chi connectivity index (χ0) is 15.6. The Labute approximate surface area is 133 Å². The SMILES string of the molecule is CO[C@H]1C[C@H](C(=O)N[C@@H](C)c2ccc(Cl)s2)N(C(C)=O)C1. The average Bonchev–Trinajstić information content (AvgIpc) is 3.04. The van der Waals surface area contributed by atoms with Crippen molar-refractivity contribution < 1.29 is 14.3 Å². The summed E-state index contributed by atoms with van der Waals surface area (Å²) in [6.45, 7) is 3.84. The molecule has 0 unspecified atom stereocenters. The van der Waals surface area contributed by atoms with Gasteiger partial charge in [-0.25, -0.2) is 0 Å². The molecule has 0 saturated carbocycles. The molecule has 2 rings (SSSR count). The first kappa shape index (κ1) is 16.3. The van der Waals surface area contributed by atoms with Crippen LogP contribution in [0.1, 0.15) is 31.2 Å². The normalized spacial score (nSPS) is 23.1. The minimum absolute atomic E-state index is 0.0869. The summed E-state index contributed by atoms with van der Waals surface area (Å²) in [6, 6.07) is 3.10. The zero-order valence-electron chi connectivity index (χ0n) is 12.3. The van der Waals surface area contributed by atoms with Crippen molar-refractivity contribution >= 4 is 34.8 Å². The highest BCUT2D eigenvalue weighted by Gasteiger charge is 2.38. The highest BCUT2D eigenvalue weighted by atomic mass is 35.5. The van der Waals surface area contributed by atoms with Gasteiger partial charge in [0, 0.05) is 31.9 Å². The van der Waals surface area contributed by atoms with Gasteiger partial charge in [0.2, 0.25) is 11.8 Å². The van der Waals surface area contributed by atoms with Crippen molar-refractivity contribution in [2.45, 2.75) is 38.5 Å². The molecular formula is C14H19ClN2O3S. The molecule has 5 nitrogen and oxygen atoms in total. The van der Waals surface area contributed by atoms with Crippen LogP contribution in [0.25, 0.3) is 0 Å². The molecule has 1 aromatic heterocycles. The van der Waals surface area contributed by atoms with Gasteiger partial charge in [-0.3, -0.25) is 9.59 Å². The number of ether oxygens (including phenoxy) is 1. The number of amides is 2. The lowest BCUT2D eigenvalue weighted by Gasteiger charge is -2.23. The molecule has 1 N–H and O–H groups in total. The third-order valence-electron chi connectivity index (χ3n) is 3.68. The van der Waals surface area contributed by atoms with Crippen LogP contribution in [0.4, 0.5) is 0 Å². The molecule has 3 atom stereocenters. The quantitative estimate of drug-likeness (QED) is 0.921. The number of carbonyl (C=O) groups is 2. The van der Waals surface area contributed by atoms with Gasteiger partial charge < -0.3 is 15.0 Å². The monoisotopic (exact) mass is 330 g/mol. The lowest BCUT2D eigenvalue weighted by atomic mass is 10.1. The van der Waals surface area contributed by atoms with Gasteiger partial charge in [0.05, 0.1) is 16.5 Å². The van der Waals surface area contributed by atoms with Crippen molar-refractivity contribution in [3.8, 4) is 0 Å². The number of likely N-dealkylation sites (tertiary alicyclic amines) is 1. The molecule has 0 radical (unpaired) electrons. The molecule has 1 aromatic rings. The van der Waals surface area contributed by atoms with Crippen LogP contribution in [-0.2, 0) is 14.3 Å². The van der Waals surface area contributed by atoms with Gasteiger partial charge in [-0.15, -0.1) is 11.3 Å². The smallest absolute Gasteiger partial charge is 0.243 e. The van der Waals surface area contributed by atoms with E-state index in [1.807, 2.05) is 19.1 Å². The summed E-state index contributed by atoms with van der Waals surface area (Å²) in [7, 11) is 1.60. The molecule has 21 heavy (non-hydrogen) atoms. The summed E-state index contributed by atoms with van der Waals surface area (Å²) in [5.74, 6) is -0.261. The lowest BCUT2D eigenvalue weighted by Crippen LogP contribution is -2.45. The first-order valence-corrected chi connectivity index (χ1v) is 7.97. The third kappa shape index (κ3) is 3.75. The number of rotatable bonds is 4. The number of nitrogens with zero attached hydrogens (tertiary/aromatic N) is 1. The summed E-state index contributed by atoms with van der Waals surface area (Å²) < 4.78 is 5.97. The van der Waals surface area contributed by atoms with Crippen LogP contribution in [0.2, 0.25) is 4.34 Å². The largest absolute Gasteiger partial charge is 0.380 e. The maximum Gasteiger partial charge on any atom is 0.243 e. The number of hydrogen-bond donors (Lipinski definition) is 1. The van der Waals surface area contributed by atoms with Gasteiger partial charge in [-0.05, 0) is 19.1 Å². The van der Waals surface area contributed by atoms with Gasteiger partial charge in [0.25, 0.3) is 0 Å². The Bertz CT molecular complexity index is 534. The first-order chi connectivity index (χ1) is 9.92. The van der Waals surface area contributed by atoms with E-state index >= 15 is 0 Å². The van der Waals surface area contributed by atoms with E-state index in [0.717, 1.165) is 4.88 Å². The number of thiophene rings is 1. The minimum atomic E-state index is -0.467. The van der Waals surface area contributed by atoms with E-state index in [0.29, 0.717) is 17.3 Å². The third-order valence-corrected chi connectivity index (χ3v) is 5.10.